The fourth-order valence-corrected chi connectivity index (χ4v) is 4.87. The quantitative estimate of drug-likeness (QED) is 0.757. The predicted molar refractivity (Wildman–Crippen MR) is 117 cm³/mol. The van der Waals surface area contributed by atoms with Gasteiger partial charge in [-0.05, 0) is 69.3 Å². The number of piperidine rings is 1. The molecule has 166 valence electrons. The van der Waals surface area contributed by atoms with Crippen molar-refractivity contribution < 1.29 is 8.78 Å². The Labute approximate surface area is 182 Å². The standard InChI is InChI=1S/C23H30F2N6/c1-16-13-27-21(14-26-16)28-20-11-18(12-22(29-20)31-10-7-23(24,25)15-31)17-5-8-30(9-6-17)19-3-2-4-19/h11-14,17,19H,2-10,15H2,1H3,(H,27,28,29). The van der Waals surface area contributed by atoms with Crippen LogP contribution < -0.4 is 10.2 Å². The molecule has 0 radical (unpaired) electrons. The summed E-state index contributed by atoms with van der Waals surface area (Å²) in [5.74, 6) is -0.360. The maximum absolute atomic E-state index is 13.9. The summed E-state index contributed by atoms with van der Waals surface area (Å²) in [7, 11) is 0. The molecule has 1 saturated carbocycles. The molecule has 2 saturated heterocycles. The molecule has 2 aromatic heterocycles. The minimum Gasteiger partial charge on any atom is -0.350 e. The van der Waals surface area contributed by atoms with Crippen LogP contribution in [0.15, 0.2) is 24.5 Å². The normalized spacial score (nSPS) is 22.5. The van der Waals surface area contributed by atoms with Crippen LogP contribution in [0.25, 0.3) is 0 Å². The summed E-state index contributed by atoms with van der Waals surface area (Å²) in [5.41, 5.74) is 2.02. The molecule has 0 spiro atoms. The van der Waals surface area contributed by atoms with Crippen LogP contribution in [-0.2, 0) is 0 Å². The number of nitrogens with zero attached hydrogens (tertiary/aromatic N) is 5. The van der Waals surface area contributed by atoms with Crippen LogP contribution in [0.5, 0.6) is 0 Å². The third-order valence-electron chi connectivity index (χ3n) is 6.96. The summed E-state index contributed by atoms with van der Waals surface area (Å²) in [4.78, 5) is 17.6. The zero-order valence-electron chi connectivity index (χ0n) is 18.0. The van der Waals surface area contributed by atoms with Gasteiger partial charge >= 0.3 is 0 Å². The van der Waals surface area contributed by atoms with Crippen LogP contribution in [-0.4, -0.2) is 58.0 Å². The summed E-state index contributed by atoms with van der Waals surface area (Å²) in [6.07, 6.45) is 9.47. The van der Waals surface area contributed by atoms with E-state index >= 15 is 0 Å². The molecule has 0 bridgehead atoms. The lowest BCUT2D eigenvalue weighted by molar-refractivity contribution is 0.0256. The van der Waals surface area contributed by atoms with Gasteiger partial charge in [0.1, 0.15) is 17.5 Å². The average molecular weight is 429 g/mol. The molecule has 0 aromatic carbocycles. The molecule has 5 rings (SSSR count). The third kappa shape index (κ3) is 4.63. The lowest BCUT2D eigenvalue weighted by Crippen LogP contribution is -2.44. The Morgan fingerprint density at radius 2 is 1.81 bits per heavy atom. The molecule has 1 N–H and O–H groups in total. The molecule has 31 heavy (non-hydrogen) atoms. The van der Waals surface area contributed by atoms with E-state index in [0.717, 1.165) is 37.7 Å². The Balaban J connectivity index is 1.38. The Kier molecular flexibility index (Phi) is 5.50. The molecule has 2 aliphatic heterocycles. The van der Waals surface area contributed by atoms with E-state index in [-0.39, 0.29) is 13.0 Å². The van der Waals surface area contributed by atoms with Crippen LogP contribution in [0.4, 0.5) is 26.2 Å². The minimum atomic E-state index is -2.65. The Morgan fingerprint density at radius 1 is 1.00 bits per heavy atom. The number of aromatic nitrogens is 3. The summed E-state index contributed by atoms with van der Waals surface area (Å²) in [6.45, 7) is 4.17. The van der Waals surface area contributed by atoms with E-state index in [9.17, 15) is 8.78 Å². The number of likely N-dealkylation sites (tertiary alicyclic amines) is 1. The van der Waals surface area contributed by atoms with Crippen LogP contribution >= 0.6 is 0 Å². The van der Waals surface area contributed by atoms with Crippen molar-refractivity contribution in [3.8, 4) is 0 Å². The molecule has 3 aliphatic rings. The van der Waals surface area contributed by atoms with Crippen LogP contribution in [0.1, 0.15) is 55.7 Å². The number of hydrogen-bond acceptors (Lipinski definition) is 6. The fraction of sp³-hybridized carbons (Fsp3) is 0.609. The van der Waals surface area contributed by atoms with Crippen molar-refractivity contribution in [2.45, 2.75) is 63.3 Å². The second kappa shape index (κ2) is 8.30. The highest BCUT2D eigenvalue weighted by atomic mass is 19.3. The molecule has 6 nitrogen and oxygen atoms in total. The number of anilines is 3. The van der Waals surface area contributed by atoms with Crippen molar-refractivity contribution in [1.29, 1.82) is 0 Å². The van der Waals surface area contributed by atoms with E-state index in [0.29, 0.717) is 29.9 Å². The van der Waals surface area contributed by atoms with Crippen molar-refractivity contribution in [1.82, 2.24) is 19.9 Å². The molecule has 0 amide bonds. The smallest absolute Gasteiger partial charge is 0.266 e. The molecular formula is C23H30F2N6. The summed E-state index contributed by atoms with van der Waals surface area (Å²) in [6, 6.07) is 4.86. The number of halogens is 2. The van der Waals surface area contributed by atoms with Gasteiger partial charge in [-0.15, -0.1) is 0 Å². The first-order valence-corrected chi connectivity index (χ1v) is 11.4. The fourth-order valence-electron chi connectivity index (χ4n) is 4.87. The highest BCUT2D eigenvalue weighted by molar-refractivity contribution is 5.57. The summed E-state index contributed by atoms with van der Waals surface area (Å²) >= 11 is 0. The lowest BCUT2D eigenvalue weighted by Gasteiger charge is -2.42. The molecule has 0 atom stereocenters. The second-order valence-corrected chi connectivity index (χ2v) is 9.23. The first kappa shape index (κ1) is 20.5. The number of rotatable bonds is 5. The van der Waals surface area contributed by atoms with Crippen LogP contribution in [0.3, 0.4) is 0 Å². The lowest BCUT2D eigenvalue weighted by atomic mass is 9.85. The summed E-state index contributed by atoms with van der Waals surface area (Å²) < 4.78 is 27.7. The van der Waals surface area contributed by atoms with Crippen LogP contribution in [0.2, 0.25) is 0 Å². The van der Waals surface area contributed by atoms with Gasteiger partial charge in [0.25, 0.3) is 5.92 Å². The largest absolute Gasteiger partial charge is 0.350 e. The van der Waals surface area contributed by atoms with Crippen molar-refractivity contribution in [2.24, 2.45) is 0 Å². The van der Waals surface area contributed by atoms with Gasteiger partial charge < -0.3 is 15.1 Å². The van der Waals surface area contributed by atoms with Gasteiger partial charge in [-0.1, -0.05) is 6.42 Å². The SMILES string of the molecule is Cc1cnc(Nc2cc(C3CCN(C4CCC4)CC3)cc(N3CCC(F)(F)C3)n2)cn1. The van der Waals surface area contributed by atoms with Gasteiger partial charge in [-0.2, -0.15) is 0 Å². The van der Waals surface area contributed by atoms with E-state index in [4.69, 9.17) is 0 Å². The topological polar surface area (TPSA) is 57.2 Å². The highest BCUT2D eigenvalue weighted by Crippen LogP contribution is 2.37. The maximum atomic E-state index is 13.9. The first-order valence-electron chi connectivity index (χ1n) is 11.4. The molecule has 8 heteroatoms. The predicted octanol–water partition coefficient (Wildman–Crippen LogP) is 4.50. The molecular weight excluding hydrogens is 398 g/mol. The Morgan fingerprint density at radius 3 is 2.42 bits per heavy atom. The molecule has 4 heterocycles. The number of aryl methyl sites for hydroxylation is 1. The van der Waals surface area contributed by atoms with Gasteiger partial charge in [0.15, 0.2) is 0 Å². The molecule has 0 unspecified atom stereocenters. The zero-order chi connectivity index (χ0) is 21.4. The van der Waals surface area contributed by atoms with Crippen molar-refractivity contribution >= 4 is 17.5 Å². The van der Waals surface area contributed by atoms with E-state index in [1.165, 1.54) is 24.8 Å². The van der Waals surface area contributed by atoms with Gasteiger partial charge in [0.05, 0.1) is 24.6 Å². The van der Waals surface area contributed by atoms with Crippen molar-refractivity contribution in [2.75, 3.05) is 36.4 Å². The Hall–Kier alpha value is -2.35. The first-order chi connectivity index (χ1) is 14.9. The van der Waals surface area contributed by atoms with Gasteiger partial charge in [0, 0.05) is 19.0 Å². The number of hydrogen-bond donors (Lipinski definition) is 1. The maximum Gasteiger partial charge on any atom is 0.266 e. The van der Waals surface area contributed by atoms with Gasteiger partial charge in [0.2, 0.25) is 0 Å². The van der Waals surface area contributed by atoms with Crippen molar-refractivity contribution in [3.63, 3.8) is 0 Å². The molecule has 3 fully saturated rings. The third-order valence-corrected chi connectivity index (χ3v) is 6.96. The van der Waals surface area contributed by atoms with E-state index in [1.54, 1.807) is 17.3 Å². The number of pyridine rings is 1. The number of alkyl halides is 2. The molecule has 1 aliphatic carbocycles. The zero-order valence-corrected chi connectivity index (χ0v) is 18.0. The van der Waals surface area contributed by atoms with Gasteiger partial charge in [-0.25, -0.2) is 18.7 Å². The average Bonchev–Trinajstić information content (AvgIpc) is 3.09. The van der Waals surface area contributed by atoms with E-state index in [2.05, 4.69) is 31.2 Å². The van der Waals surface area contributed by atoms with Gasteiger partial charge in [-0.3, -0.25) is 4.98 Å². The minimum absolute atomic E-state index is 0.120. The van der Waals surface area contributed by atoms with E-state index in [1.807, 2.05) is 13.0 Å². The Bertz CT molecular complexity index is 907. The van der Waals surface area contributed by atoms with Crippen molar-refractivity contribution in [3.05, 3.63) is 35.8 Å². The highest BCUT2D eigenvalue weighted by Gasteiger charge is 2.39. The van der Waals surface area contributed by atoms with E-state index < -0.39 is 5.92 Å². The number of nitrogens with one attached hydrogen (secondary N) is 1. The summed E-state index contributed by atoms with van der Waals surface area (Å²) in [5, 5.41) is 3.23. The van der Waals surface area contributed by atoms with Crippen LogP contribution in [0, 0.1) is 6.92 Å². The second-order valence-electron chi connectivity index (χ2n) is 9.23. The monoisotopic (exact) mass is 428 g/mol. The molecule has 2 aromatic rings.